The van der Waals surface area contributed by atoms with Crippen molar-refractivity contribution in [3.63, 3.8) is 0 Å². The van der Waals surface area contributed by atoms with Gasteiger partial charge in [-0.3, -0.25) is 0 Å². The van der Waals surface area contributed by atoms with E-state index in [-0.39, 0.29) is 0 Å². The molecule has 0 amide bonds. The number of nitrogens with zero attached hydrogens (tertiary/aromatic N) is 1. The SMILES string of the molecule is CCNCc1cc(CN(C)c2ccc(C)cc2)c(C)s1. The van der Waals surface area contributed by atoms with Crippen molar-refractivity contribution in [2.75, 3.05) is 18.5 Å². The second kappa shape index (κ2) is 6.91. The lowest BCUT2D eigenvalue weighted by molar-refractivity contribution is 0.735. The molecule has 20 heavy (non-hydrogen) atoms. The van der Waals surface area contributed by atoms with E-state index in [0.717, 1.165) is 19.6 Å². The second-order valence-corrected chi connectivity index (χ2v) is 6.61. The number of aryl methyl sites for hydroxylation is 2. The fourth-order valence-corrected chi connectivity index (χ4v) is 3.25. The van der Waals surface area contributed by atoms with Gasteiger partial charge < -0.3 is 10.2 Å². The van der Waals surface area contributed by atoms with Crippen molar-refractivity contribution >= 4 is 17.0 Å². The first-order chi connectivity index (χ1) is 9.60. The predicted octanol–water partition coefficient (Wildman–Crippen LogP) is 4.11. The van der Waals surface area contributed by atoms with E-state index in [1.165, 1.54) is 26.6 Å². The molecule has 3 heteroatoms. The topological polar surface area (TPSA) is 15.3 Å². The highest BCUT2D eigenvalue weighted by Crippen LogP contribution is 2.24. The van der Waals surface area contributed by atoms with E-state index >= 15 is 0 Å². The molecular formula is C17H24N2S. The first-order valence-corrected chi connectivity index (χ1v) is 7.98. The second-order valence-electron chi connectivity index (χ2n) is 5.27. The Bertz CT molecular complexity index is 543. The van der Waals surface area contributed by atoms with Crippen LogP contribution in [0.25, 0.3) is 0 Å². The molecule has 0 aliphatic heterocycles. The third-order valence-corrected chi connectivity index (χ3v) is 4.60. The Kier molecular flexibility index (Phi) is 5.21. The third-order valence-electron chi connectivity index (χ3n) is 3.50. The van der Waals surface area contributed by atoms with E-state index in [9.17, 15) is 0 Å². The van der Waals surface area contributed by atoms with Crippen molar-refractivity contribution in [1.29, 1.82) is 0 Å². The summed E-state index contributed by atoms with van der Waals surface area (Å²) in [6, 6.07) is 11.1. The molecule has 1 aromatic heterocycles. The first kappa shape index (κ1) is 15.1. The Balaban J connectivity index is 2.05. The fraction of sp³-hybridized carbons (Fsp3) is 0.412. The average Bonchev–Trinajstić information content (AvgIpc) is 2.77. The molecule has 1 N–H and O–H groups in total. The zero-order chi connectivity index (χ0) is 14.5. The van der Waals surface area contributed by atoms with Crippen molar-refractivity contribution < 1.29 is 0 Å². The van der Waals surface area contributed by atoms with Crippen molar-refractivity contribution in [2.45, 2.75) is 33.9 Å². The molecule has 1 heterocycles. The highest BCUT2D eigenvalue weighted by Gasteiger charge is 2.08. The highest BCUT2D eigenvalue weighted by molar-refractivity contribution is 7.12. The summed E-state index contributed by atoms with van der Waals surface area (Å²) in [5.74, 6) is 0. The molecule has 2 aromatic rings. The zero-order valence-corrected chi connectivity index (χ0v) is 13.7. The molecule has 0 radical (unpaired) electrons. The summed E-state index contributed by atoms with van der Waals surface area (Å²) in [7, 11) is 2.16. The van der Waals surface area contributed by atoms with Gasteiger partial charge in [0.05, 0.1) is 0 Å². The summed E-state index contributed by atoms with van der Waals surface area (Å²) < 4.78 is 0. The minimum absolute atomic E-state index is 0.970. The highest BCUT2D eigenvalue weighted by atomic mass is 32.1. The van der Waals surface area contributed by atoms with Crippen LogP contribution in [0, 0.1) is 13.8 Å². The monoisotopic (exact) mass is 288 g/mol. The van der Waals surface area contributed by atoms with Crippen LogP contribution in [0.4, 0.5) is 5.69 Å². The Morgan fingerprint density at radius 1 is 1.15 bits per heavy atom. The predicted molar refractivity (Wildman–Crippen MR) is 89.7 cm³/mol. The normalized spacial score (nSPS) is 10.8. The van der Waals surface area contributed by atoms with Crippen LogP contribution in [0.5, 0.6) is 0 Å². The lowest BCUT2D eigenvalue weighted by atomic mass is 10.2. The molecule has 0 unspecified atom stereocenters. The maximum absolute atomic E-state index is 3.39. The minimum atomic E-state index is 0.970. The van der Waals surface area contributed by atoms with E-state index in [1.807, 2.05) is 11.3 Å². The summed E-state index contributed by atoms with van der Waals surface area (Å²) >= 11 is 1.90. The molecule has 0 saturated heterocycles. The van der Waals surface area contributed by atoms with Gasteiger partial charge in [0.2, 0.25) is 0 Å². The number of benzene rings is 1. The molecule has 0 saturated carbocycles. The standard InChI is InChI=1S/C17H24N2S/c1-5-18-11-17-10-15(14(3)20-17)12-19(4)16-8-6-13(2)7-9-16/h6-10,18H,5,11-12H2,1-4H3. The maximum Gasteiger partial charge on any atom is 0.0437 e. The zero-order valence-electron chi connectivity index (χ0n) is 12.9. The van der Waals surface area contributed by atoms with Gasteiger partial charge in [0.15, 0.2) is 0 Å². The lowest BCUT2D eigenvalue weighted by Crippen LogP contribution is -2.16. The lowest BCUT2D eigenvalue weighted by Gasteiger charge is -2.19. The maximum atomic E-state index is 3.39. The molecule has 108 valence electrons. The third kappa shape index (κ3) is 3.84. The van der Waals surface area contributed by atoms with Crippen molar-refractivity contribution in [1.82, 2.24) is 5.32 Å². The van der Waals surface area contributed by atoms with Crippen LogP contribution in [0.1, 0.15) is 27.8 Å². The Morgan fingerprint density at radius 3 is 2.50 bits per heavy atom. The molecule has 0 aliphatic carbocycles. The first-order valence-electron chi connectivity index (χ1n) is 7.17. The molecule has 2 rings (SSSR count). The van der Waals surface area contributed by atoms with Crippen LogP contribution in [-0.2, 0) is 13.1 Å². The Morgan fingerprint density at radius 2 is 1.85 bits per heavy atom. The summed E-state index contributed by atoms with van der Waals surface area (Å²) in [4.78, 5) is 5.17. The van der Waals surface area contributed by atoms with E-state index < -0.39 is 0 Å². The number of hydrogen-bond donors (Lipinski definition) is 1. The quantitative estimate of drug-likeness (QED) is 0.860. The van der Waals surface area contributed by atoms with Crippen LogP contribution < -0.4 is 10.2 Å². The van der Waals surface area contributed by atoms with Crippen LogP contribution in [0.2, 0.25) is 0 Å². The molecular weight excluding hydrogens is 264 g/mol. The largest absolute Gasteiger partial charge is 0.370 e. The summed E-state index contributed by atoms with van der Waals surface area (Å²) in [6.07, 6.45) is 0. The number of nitrogens with one attached hydrogen (secondary N) is 1. The summed E-state index contributed by atoms with van der Waals surface area (Å²) in [6.45, 7) is 9.47. The molecule has 0 aliphatic rings. The van der Waals surface area contributed by atoms with Gasteiger partial charge in [-0.15, -0.1) is 11.3 Å². The van der Waals surface area contributed by atoms with Gasteiger partial charge in [0.25, 0.3) is 0 Å². The van der Waals surface area contributed by atoms with Crippen LogP contribution >= 0.6 is 11.3 Å². The van der Waals surface area contributed by atoms with E-state index in [2.05, 4.69) is 68.4 Å². The molecule has 0 bridgehead atoms. The van der Waals surface area contributed by atoms with E-state index in [4.69, 9.17) is 0 Å². The number of rotatable bonds is 6. The number of thiophene rings is 1. The molecule has 2 nitrogen and oxygen atoms in total. The molecule has 0 atom stereocenters. The van der Waals surface area contributed by atoms with E-state index in [1.54, 1.807) is 0 Å². The van der Waals surface area contributed by atoms with Crippen LogP contribution in [0.15, 0.2) is 30.3 Å². The van der Waals surface area contributed by atoms with Gasteiger partial charge in [0, 0.05) is 35.6 Å². The number of hydrogen-bond acceptors (Lipinski definition) is 3. The van der Waals surface area contributed by atoms with Crippen molar-refractivity contribution in [2.24, 2.45) is 0 Å². The summed E-state index contributed by atoms with van der Waals surface area (Å²) in [5, 5.41) is 3.39. The minimum Gasteiger partial charge on any atom is -0.370 e. The van der Waals surface area contributed by atoms with E-state index in [0.29, 0.717) is 0 Å². The fourth-order valence-electron chi connectivity index (χ4n) is 2.23. The van der Waals surface area contributed by atoms with Gasteiger partial charge in [-0.2, -0.15) is 0 Å². The van der Waals surface area contributed by atoms with Crippen molar-refractivity contribution in [3.05, 3.63) is 51.2 Å². The molecule has 1 aromatic carbocycles. The smallest absolute Gasteiger partial charge is 0.0437 e. The van der Waals surface area contributed by atoms with Gasteiger partial charge >= 0.3 is 0 Å². The van der Waals surface area contributed by atoms with Gasteiger partial charge in [0.1, 0.15) is 0 Å². The van der Waals surface area contributed by atoms with Crippen LogP contribution in [-0.4, -0.2) is 13.6 Å². The Hall–Kier alpha value is -1.32. The number of anilines is 1. The van der Waals surface area contributed by atoms with Crippen molar-refractivity contribution in [3.8, 4) is 0 Å². The Labute approximate surface area is 126 Å². The van der Waals surface area contributed by atoms with Gasteiger partial charge in [-0.25, -0.2) is 0 Å². The molecule has 0 spiro atoms. The average molecular weight is 288 g/mol. The summed E-state index contributed by atoms with van der Waals surface area (Å²) in [5.41, 5.74) is 4.02. The molecule has 0 fully saturated rings. The van der Waals surface area contributed by atoms with Gasteiger partial charge in [-0.1, -0.05) is 24.6 Å². The van der Waals surface area contributed by atoms with Crippen LogP contribution in [0.3, 0.4) is 0 Å². The van der Waals surface area contributed by atoms with Gasteiger partial charge in [-0.05, 0) is 44.2 Å².